The molecular weight excluding hydrogens is 212 g/mol. The molecule has 1 fully saturated rings. The molecule has 0 radical (unpaired) electrons. The zero-order valence-corrected chi connectivity index (χ0v) is 8.55. The molecule has 2 rings (SSSR count). The van der Waals surface area contributed by atoms with Crippen LogP contribution in [0.3, 0.4) is 0 Å². The van der Waals surface area contributed by atoms with Gasteiger partial charge in [-0.15, -0.1) is 0 Å². The Morgan fingerprint density at radius 1 is 1.69 bits per heavy atom. The molecule has 0 aromatic carbocycles. The van der Waals surface area contributed by atoms with Crippen LogP contribution in [0.15, 0.2) is 12.3 Å². The average Bonchev–Trinajstić information content (AvgIpc) is 2.73. The topological polar surface area (TPSA) is 94.7 Å². The Kier molecular flexibility index (Phi) is 2.91. The zero-order chi connectivity index (χ0) is 11.5. The molecule has 0 saturated carbocycles. The van der Waals surface area contributed by atoms with E-state index in [0.29, 0.717) is 13.2 Å². The molecule has 1 aromatic heterocycles. The molecular formula is C10H12N2O4. The minimum atomic E-state index is -1.09. The number of carbonyl (C=O) groups is 1. The van der Waals surface area contributed by atoms with Gasteiger partial charge in [0.1, 0.15) is 6.10 Å². The van der Waals surface area contributed by atoms with E-state index in [1.807, 2.05) is 0 Å². The number of aromatic carboxylic acids is 1. The summed E-state index contributed by atoms with van der Waals surface area (Å²) in [5, 5.41) is 8.86. The van der Waals surface area contributed by atoms with Crippen LogP contribution < -0.4 is 10.5 Å². The smallest absolute Gasteiger partial charge is 0.338 e. The first-order valence-electron chi connectivity index (χ1n) is 4.90. The number of carboxylic acids is 1. The molecule has 16 heavy (non-hydrogen) atoms. The van der Waals surface area contributed by atoms with E-state index in [1.165, 1.54) is 12.3 Å². The van der Waals surface area contributed by atoms with Crippen molar-refractivity contribution in [2.75, 3.05) is 18.9 Å². The normalized spacial score (nSPS) is 19.6. The van der Waals surface area contributed by atoms with Gasteiger partial charge in [0.15, 0.2) is 0 Å². The summed E-state index contributed by atoms with van der Waals surface area (Å²) < 4.78 is 10.6. The van der Waals surface area contributed by atoms with Crippen molar-refractivity contribution in [1.82, 2.24) is 4.98 Å². The number of nitrogens with two attached hydrogens (primary N) is 1. The maximum absolute atomic E-state index is 10.8. The van der Waals surface area contributed by atoms with Crippen LogP contribution in [0.1, 0.15) is 16.8 Å². The Morgan fingerprint density at radius 2 is 2.50 bits per heavy atom. The van der Waals surface area contributed by atoms with Gasteiger partial charge in [0.25, 0.3) is 0 Å². The largest absolute Gasteiger partial charge is 0.478 e. The predicted octanol–water partition coefficient (Wildman–Crippen LogP) is 0.530. The lowest BCUT2D eigenvalue weighted by Gasteiger charge is -2.11. The molecule has 0 spiro atoms. The molecule has 1 aliphatic heterocycles. The second-order valence-corrected chi connectivity index (χ2v) is 3.52. The molecule has 1 aromatic rings. The summed E-state index contributed by atoms with van der Waals surface area (Å²) in [6, 6.07) is 1.33. The van der Waals surface area contributed by atoms with Gasteiger partial charge in [0.05, 0.1) is 30.7 Å². The highest BCUT2D eigenvalue weighted by Gasteiger charge is 2.19. The second kappa shape index (κ2) is 4.36. The Hall–Kier alpha value is -1.82. The average molecular weight is 224 g/mol. The summed E-state index contributed by atoms with van der Waals surface area (Å²) in [5.74, 6) is -0.825. The van der Waals surface area contributed by atoms with Gasteiger partial charge in [-0.3, -0.25) is 0 Å². The number of hydrogen-bond acceptors (Lipinski definition) is 5. The molecule has 0 bridgehead atoms. The van der Waals surface area contributed by atoms with Gasteiger partial charge in [0.2, 0.25) is 5.88 Å². The summed E-state index contributed by atoms with van der Waals surface area (Å²) in [6.45, 7) is 1.17. The van der Waals surface area contributed by atoms with E-state index in [0.717, 1.165) is 6.42 Å². The summed E-state index contributed by atoms with van der Waals surface area (Å²) in [6.07, 6.45) is 2.01. The Labute approximate surface area is 92.0 Å². The van der Waals surface area contributed by atoms with Crippen LogP contribution in [0.2, 0.25) is 0 Å². The minimum absolute atomic E-state index is 0.00363. The van der Waals surface area contributed by atoms with Gasteiger partial charge in [0, 0.05) is 12.5 Å². The van der Waals surface area contributed by atoms with Crippen molar-refractivity contribution in [1.29, 1.82) is 0 Å². The SMILES string of the molecule is Nc1cnc(OC2CCOC2)cc1C(=O)O. The van der Waals surface area contributed by atoms with Crippen LogP contribution in [-0.4, -0.2) is 35.4 Å². The van der Waals surface area contributed by atoms with E-state index in [9.17, 15) is 4.79 Å². The molecule has 1 atom stereocenters. The van der Waals surface area contributed by atoms with Gasteiger partial charge in [-0.1, -0.05) is 0 Å². The molecule has 3 N–H and O–H groups in total. The highest BCUT2D eigenvalue weighted by atomic mass is 16.5. The lowest BCUT2D eigenvalue weighted by Crippen LogP contribution is -2.17. The number of nitrogens with zero attached hydrogens (tertiary/aromatic N) is 1. The van der Waals surface area contributed by atoms with Gasteiger partial charge in [-0.05, 0) is 0 Å². The number of aromatic nitrogens is 1. The molecule has 0 amide bonds. The second-order valence-electron chi connectivity index (χ2n) is 3.52. The fraction of sp³-hybridized carbons (Fsp3) is 0.400. The third-order valence-corrected chi connectivity index (χ3v) is 2.32. The van der Waals surface area contributed by atoms with Gasteiger partial charge < -0.3 is 20.3 Å². The van der Waals surface area contributed by atoms with Crippen molar-refractivity contribution in [3.05, 3.63) is 17.8 Å². The fourth-order valence-electron chi connectivity index (χ4n) is 1.47. The van der Waals surface area contributed by atoms with Crippen LogP contribution in [0.4, 0.5) is 5.69 Å². The van der Waals surface area contributed by atoms with Gasteiger partial charge in [-0.25, -0.2) is 9.78 Å². The maximum Gasteiger partial charge on any atom is 0.338 e. The summed E-state index contributed by atoms with van der Waals surface area (Å²) in [7, 11) is 0. The lowest BCUT2D eigenvalue weighted by molar-refractivity contribution is 0.0696. The van der Waals surface area contributed by atoms with Crippen molar-refractivity contribution < 1.29 is 19.4 Å². The molecule has 2 heterocycles. The first kappa shape index (κ1) is 10.7. The third-order valence-electron chi connectivity index (χ3n) is 2.32. The van der Waals surface area contributed by atoms with Crippen LogP contribution in [-0.2, 0) is 4.74 Å². The predicted molar refractivity (Wildman–Crippen MR) is 55.5 cm³/mol. The van der Waals surface area contributed by atoms with E-state index in [4.69, 9.17) is 20.3 Å². The molecule has 1 aliphatic rings. The van der Waals surface area contributed by atoms with E-state index in [2.05, 4.69) is 4.98 Å². The van der Waals surface area contributed by atoms with Crippen molar-refractivity contribution in [2.24, 2.45) is 0 Å². The third kappa shape index (κ3) is 2.22. The number of pyridine rings is 1. The van der Waals surface area contributed by atoms with Crippen molar-refractivity contribution >= 4 is 11.7 Å². The lowest BCUT2D eigenvalue weighted by atomic mass is 10.2. The molecule has 6 heteroatoms. The molecule has 6 nitrogen and oxygen atoms in total. The standard InChI is InChI=1S/C10H12N2O4/c11-8-4-12-9(3-7(8)10(13)14)16-6-1-2-15-5-6/h3-4,6H,1-2,5,11H2,(H,13,14). The number of rotatable bonds is 3. The minimum Gasteiger partial charge on any atom is -0.478 e. The number of carboxylic acid groups (broad SMARTS) is 1. The molecule has 0 aliphatic carbocycles. The number of anilines is 1. The molecule has 86 valence electrons. The van der Waals surface area contributed by atoms with Crippen molar-refractivity contribution in [3.63, 3.8) is 0 Å². The highest BCUT2D eigenvalue weighted by Crippen LogP contribution is 2.19. The van der Waals surface area contributed by atoms with Gasteiger partial charge >= 0.3 is 5.97 Å². The fourth-order valence-corrected chi connectivity index (χ4v) is 1.47. The van der Waals surface area contributed by atoms with E-state index < -0.39 is 5.97 Å². The van der Waals surface area contributed by atoms with E-state index in [-0.39, 0.29) is 23.2 Å². The highest BCUT2D eigenvalue weighted by molar-refractivity contribution is 5.93. The van der Waals surface area contributed by atoms with E-state index >= 15 is 0 Å². The maximum atomic E-state index is 10.8. The summed E-state index contributed by atoms with van der Waals surface area (Å²) in [4.78, 5) is 14.7. The first-order valence-corrected chi connectivity index (χ1v) is 4.90. The first-order chi connectivity index (χ1) is 7.66. The quantitative estimate of drug-likeness (QED) is 0.777. The molecule has 1 unspecified atom stereocenters. The Balaban J connectivity index is 2.15. The zero-order valence-electron chi connectivity index (χ0n) is 8.55. The van der Waals surface area contributed by atoms with Crippen LogP contribution in [0, 0.1) is 0 Å². The summed E-state index contributed by atoms with van der Waals surface area (Å²) >= 11 is 0. The van der Waals surface area contributed by atoms with Crippen LogP contribution in [0.25, 0.3) is 0 Å². The Morgan fingerprint density at radius 3 is 3.12 bits per heavy atom. The summed E-state index contributed by atoms with van der Waals surface area (Å²) in [5.41, 5.74) is 5.61. The van der Waals surface area contributed by atoms with Crippen LogP contribution in [0.5, 0.6) is 5.88 Å². The monoisotopic (exact) mass is 224 g/mol. The molecule has 1 saturated heterocycles. The van der Waals surface area contributed by atoms with Gasteiger partial charge in [-0.2, -0.15) is 0 Å². The Bertz CT molecular complexity index is 402. The van der Waals surface area contributed by atoms with Crippen molar-refractivity contribution in [2.45, 2.75) is 12.5 Å². The van der Waals surface area contributed by atoms with Crippen molar-refractivity contribution in [3.8, 4) is 5.88 Å². The number of ether oxygens (including phenoxy) is 2. The van der Waals surface area contributed by atoms with E-state index in [1.54, 1.807) is 0 Å². The van der Waals surface area contributed by atoms with Crippen LogP contribution >= 0.6 is 0 Å². The number of nitrogen functional groups attached to an aromatic ring is 1. The number of hydrogen-bond donors (Lipinski definition) is 2.